The molecule has 0 saturated heterocycles. The quantitative estimate of drug-likeness (QED) is 0.757. The Morgan fingerprint density at radius 1 is 1.28 bits per heavy atom. The average molecular weight is 373 g/mol. The molecule has 2 nitrogen and oxygen atoms in total. The second kappa shape index (κ2) is 5.71. The Morgan fingerprint density at radius 3 is 2.78 bits per heavy atom. The van der Waals surface area contributed by atoms with Gasteiger partial charge in [-0.1, -0.05) is 15.9 Å². The Balaban J connectivity index is 2.27. The lowest BCUT2D eigenvalue weighted by Gasteiger charge is -2.04. The third-order valence-corrected chi connectivity index (χ3v) is 3.51. The van der Waals surface area contributed by atoms with Gasteiger partial charge in [-0.15, -0.1) is 0 Å². The van der Waals surface area contributed by atoms with Crippen molar-refractivity contribution in [2.24, 2.45) is 0 Å². The second-order valence-corrected chi connectivity index (χ2v) is 5.44. The highest BCUT2D eigenvalue weighted by atomic mass is 79.9. The Morgan fingerprint density at radius 2 is 2.06 bits per heavy atom. The fourth-order valence-electron chi connectivity index (χ4n) is 1.53. The molecule has 0 fully saturated rings. The lowest BCUT2D eigenvalue weighted by molar-refractivity contribution is 0.0986. The van der Waals surface area contributed by atoms with Gasteiger partial charge in [0.25, 0.3) is 0 Å². The molecule has 1 aromatic heterocycles. The molecular formula is C13H8Br2FNO. The molecule has 0 atom stereocenters. The van der Waals surface area contributed by atoms with Gasteiger partial charge in [0.15, 0.2) is 5.78 Å². The van der Waals surface area contributed by atoms with Crippen molar-refractivity contribution in [1.29, 1.82) is 0 Å². The summed E-state index contributed by atoms with van der Waals surface area (Å²) in [6, 6.07) is 7.99. The Hall–Kier alpha value is -1.07. The number of carbonyl (C=O) groups is 1. The van der Waals surface area contributed by atoms with Gasteiger partial charge in [-0.2, -0.15) is 0 Å². The summed E-state index contributed by atoms with van der Waals surface area (Å²) < 4.78 is 14.9. The topological polar surface area (TPSA) is 30.0 Å². The summed E-state index contributed by atoms with van der Waals surface area (Å²) in [5, 5.41) is 0. The predicted molar refractivity (Wildman–Crippen MR) is 74.1 cm³/mol. The molecule has 2 rings (SSSR count). The number of rotatable bonds is 3. The van der Waals surface area contributed by atoms with E-state index in [1.54, 1.807) is 24.3 Å². The van der Waals surface area contributed by atoms with E-state index in [4.69, 9.17) is 0 Å². The van der Waals surface area contributed by atoms with Crippen LogP contribution in [0.3, 0.4) is 0 Å². The molecule has 2 aromatic rings. The van der Waals surface area contributed by atoms with Crippen molar-refractivity contribution in [2.75, 3.05) is 0 Å². The highest BCUT2D eigenvalue weighted by Crippen LogP contribution is 2.19. The molecule has 5 heteroatoms. The standard InChI is InChI=1S/C13H8Br2FNO/c14-9-3-4-11(16)8(6-9)7-12(18)13-10(15)2-1-5-17-13/h1-6H,7H2. The van der Waals surface area contributed by atoms with E-state index in [0.29, 0.717) is 15.7 Å². The van der Waals surface area contributed by atoms with Gasteiger partial charge in [-0.25, -0.2) is 4.39 Å². The van der Waals surface area contributed by atoms with Crippen LogP contribution in [0.15, 0.2) is 45.5 Å². The molecule has 1 aromatic carbocycles. The van der Waals surface area contributed by atoms with Gasteiger partial charge >= 0.3 is 0 Å². The van der Waals surface area contributed by atoms with E-state index in [2.05, 4.69) is 36.8 Å². The molecule has 0 aliphatic heterocycles. The molecule has 18 heavy (non-hydrogen) atoms. The van der Waals surface area contributed by atoms with Gasteiger partial charge in [0.05, 0.1) is 0 Å². The first-order valence-corrected chi connectivity index (χ1v) is 6.74. The van der Waals surface area contributed by atoms with Crippen molar-refractivity contribution in [3.63, 3.8) is 0 Å². The van der Waals surface area contributed by atoms with Crippen LogP contribution < -0.4 is 0 Å². The van der Waals surface area contributed by atoms with E-state index in [9.17, 15) is 9.18 Å². The summed E-state index contributed by atoms with van der Waals surface area (Å²) in [6.07, 6.45) is 1.52. The summed E-state index contributed by atoms with van der Waals surface area (Å²) in [5.74, 6) is -0.613. The SMILES string of the molecule is O=C(Cc1cc(Br)ccc1F)c1ncccc1Br. The first kappa shape index (κ1) is 13.4. The fourth-order valence-corrected chi connectivity index (χ4v) is 2.41. The van der Waals surface area contributed by atoms with Gasteiger partial charge in [-0.05, 0) is 51.8 Å². The summed E-state index contributed by atoms with van der Waals surface area (Å²) in [4.78, 5) is 16.0. The number of aromatic nitrogens is 1. The first-order chi connectivity index (χ1) is 8.58. The minimum absolute atomic E-state index is 0.0130. The van der Waals surface area contributed by atoms with Gasteiger partial charge in [0.1, 0.15) is 11.5 Å². The van der Waals surface area contributed by atoms with Crippen LogP contribution in [0.5, 0.6) is 0 Å². The van der Waals surface area contributed by atoms with E-state index >= 15 is 0 Å². The van der Waals surface area contributed by atoms with Crippen molar-refractivity contribution in [2.45, 2.75) is 6.42 Å². The minimum atomic E-state index is -0.390. The average Bonchev–Trinajstić information content (AvgIpc) is 2.34. The van der Waals surface area contributed by atoms with Crippen molar-refractivity contribution in [3.05, 3.63) is 62.5 Å². The van der Waals surface area contributed by atoms with Gasteiger partial charge in [0.2, 0.25) is 0 Å². The van der Waals surface area contributed by atoms with Crippen LogP contribution in [0.4, 0.5) is 4.39 Å². The van der Waals surface area contributed by atoms with Crippen LogP contribution in [0.1, 0.15) is 16.1 Å². The molecule has 0 amide bonds. The van der Waals surface area contributed by atoms with Crippen LogP contribution >= 0.6 is 31.9 Å². The number of halogens is 3. The van der Waals surface area contributed by atoms with Crippen LogP contribution in [0, 0.1) is 5.82 Å². The number of benzene rings is 1. The van der Waals surface area contributed by atoms with E-state index in [-0.39, 0.29) is 12.2 Å². The fraction of sp³-hybridized carbons (Fsp3) is 0.0769. The summed E-state index contributed by atoms with van der Waals surface area (Å²) in [6.45, 7) is 0. The Bertz CT molecular complexity index is 601. The number of Topliss-reactive ketones (excluding diaryl/α,β-unsaturated/α-hetero) is 1. The molecule has 0 aliphatic carbocycles. The summed E-state index contributed by atoms with van der Waals surface area (Å²) >= 11 is 6.51. The zero-order valence-corrected chi connectivity index (χ0v) is 12.3. The van der Waals surface area contributed by atoms with E-state index < -0.39 is 5.82 Å². The van der Waals surface area contributed by atoms with Crippen LogP contribution in [0.25, 0.3) is 0 Å². The number of ketones is 1. The van der Waals surface area contributed by atoms with Gasteiger partial charge in [0, 0.05) is 21.6 Å². The predicted octanol–water partition coefficient (Wildman–Crippen LogP) is 4.17. The van der Waals surface area contributed by atoms with Crippen molar-refractivity contribution in [3.8, 4) is 0 Å². The lowest BCUT2D eigenvalue weighted by atomic mass is 10.1. The molecule has 1 heterocycles. The van der Waals surface area contributed by atoms with Gasteiger partial charge in [-0.3, -0.25) is 9.78 Å². The molecule has 0 radical (unpaired) electrons. The number of hydrogen-bond donors (Lipinski definition) is 0. The monoisotopic (exact) mass is 371 g/mol. The Labute approximate surface area is 121 Å². The zero-order chi connectivity index (χ0) is 13.1. The maximum atomic E-state index is 13.5. The third kappa shape index (κ3) is 3.03. The largest absolute Gasteiger partial charge is 0.292 e. The molecule has 0 aliphatic rings. The maximum absolute atomic E-state index is 13.5. The first-order valence-electron chi connectivity index (χ1n) is 5.15. The molecular weight excluding hydrogens is 365 g/mol. The Kier molecular flexibility index (Phi) is 4.24. The number of hydrogen-bond acceptors (Lipinski definition) is 2. The third-order valence-electron chi connectivity index (χ3n) is 2.38. The highest BCUT2D eigenvalue weighted by Gasteiger charge is 2.14. The molecule has 0 bridgehead atoms. The van der Waals surface area contributed by atoms with Crippen LogP contribution in [0.2, 0.25) is 0 Å². The zero-order valence-electron chi connectivity index (χ0n) is 9.16. The number of carbonyl (C=O) groups excluding carboxylic acids is 1. The minimum Gasteiger partial charge on any atom is -0.292 e. The van der Waals surface area contributed by atoms with E-state index in [1.165, 1.54) is 12.3 Å². The van der Waals surface area contributed by atoms with Crippen molar-refractivity contribution >= 4 is 37.6 Å². The smallest absolute Gasteiger partial charge is 0.186 e. The summed E-state index contributed by atoms with van der Waals surface area (Å²) in [7, 11) is 0. The normalized spacial score (nSPS) is 10.4. The van der Waals surface area contributed by atoms with E-state index in [0.717, 1.165) is 4.47 Å². The van der Waals surface area contributed by atoms with Crippen molar-refractivity contribution in [1.82, 2.24) is 4.98 Å². The van der Waals surface area contributed by atoms with Crippen LogP contribution in [-0.2, 0) is 6.42 Å². The molecule has 0 unspecified atom stereocenters. The highest BCUT2D eigenvalue weighted by molar-refractivity contribution is 9.10. The number of pyridine rings is 1. The molecule has 0 N–H and O–H groups in total. The molecule has 92 valence electrons. The van der Waals surface area contributed by atoms with E-state index in [1.807, 2.05) is 0 Å². The van der Waals surface area contributed by atoms with Gasteiger partial charge < -0.3 is 0 Å². The summed E-state index contributed by atoms with van der Waals surface area (Å²) in [5.41, 5.74) is 0.670. The molecule has 0 saturated carbocycles. The van der Waals surface area contributed by atoms with Crippen molar-refractivity contribution < 1.29 is 9.18 Å². The lowest BCUT2D eigenvalue weighted by Crippen LogP contribution is -2.08. The number of nitrogens with zero attached hydrogens (tertiary/aromatic N) is 1. The second-order valence-electron chi connectivity index (χ2n) is 3.67. The molecule has 0 spiro atoms. The van der Waals surface area contributed by atoms with Crippen LogP contribution in [-0.4, -0.2) is 10.8 Å². The maximum Gasteiger partial charge on any atom is 0.186 e.